The van der Waals surface area contributed by atoms with Gasteiger partial charge in [-0.05, 0) is 96.4 Å². The first-order valence-electron chi connectivity index (χ1n) is 20.6. The van der Waals surface area contributed by atoms with E-state index in [1.54, 1.807) is 0 Å². The molecule has 2 nitrogen and oxygen atoms in total. The minimum Gasteiger partial charge on any atom is -0.455 e. The number of nitrogens with zero attached hydrogens (tertiary/aromatic N) is 1. The maximum absolute atomic E-state index is 6.81. The van der Waals surface area contributed by atoms with E-state index in [1.165, 1.54) is 54.2 Å². The van der Waals surface area contributed by atoms with Gasteiger partial charge in [-0.1, -0.05) is 188 Å². The van der Waals surface area contributed by atoms with Crippen LogP contribution in [0.1, 0.15) is 0 Å². The van der Waals surface area contributed by atoms with Crippen molar-refractivity contribution in [2.45, 2.75) is 0 Å². The quantitative estimate of drug-likeness (QED) is 0.157. The van der Waals surface area contributed by atoms with E-state index in [2.05, 4.69) is 229 Å². The molecule has 0 aliphatic rings. The molecule has 0 radical (unpaired) electrons. The van der Waals surface area contributed by atoms with Gasteiger partial charge < -0.3 is 9.32 Å². The molecule has 1 aromatic heterocycles. The summed E-state index contributed by atoms with van der Waals surface area (Å²) < 4.78 is 6.81. The Hall–Kier alpha value is -7.94. The summed E-state index contributed by atoms with van der Waals surface area (Å²) >= 11 is 0. The number of fused-ring (bicyclic) bond motifs is 9. The van der Waals surface area contributed by atoms with Crippen molar-refractivity contribution in [1.29, 1.82) is 0 Å². The SMILES string of the molecule is c1ccc(-c2cccc3c2oc2c(-c4ccc(N(c5ccc(-c6ccc7ccc8ccccc8c7c6)cc5)c5cc6ccccc6c6ccccc56)cc4)cccc23)cc1. The van der Waals surface area contributed by atoms with E-state index < -0.39 is 0 Å². The van der Waals surface area contributed by atoms with E-state index >= 15 is 0 Å². The van der Waals surface area contributed by atoms with Crippen molar-refractivity contribution in [1.82, 2.24) is 0 Å². The van der Waals surface area contributed by atoms with E-state index in [1.807, 2.05) is 0 Å². The fourth-order valence-corrected chi connectivity index (χ4v) is 9.31. The average Bonchev–Trinajstić information content (AvgIpc) is 3.72. The Morgan fingerprint density at radius 1 is 0.267 bits per heavy atom. The number of hydrogen-bond acceptors (Lipinski definition) is 2. The first-order chi connectivity index (χ1) is 29.7. The van der Waals surface area contributed by atoms with Gasteiger partial charge in [0.2, 0.25) is 0 Å². The number of para-hydroxylation sites is 2. The maximum atomic E-state index is 6.81. The van der Waals surface area contributed by atoms with Crippen LogP contribution >= 0.6 is 0 Å². The van der Waals surface area contributed by atoms with Crippen LogP contribution in [0, 0.1) is 0 Å². The third-order valence-corrected chi connectivity index (χ3v) is 12.2. The molecule has 0 atom stereocenters. The zero-order valence-electron chi connectivity index (χ0n) is 32.7. The van der Waals surface area contributed by atoms with Crippen LogP contribution in [-0.4, -0.2) is 0 Å². The normalized spacial score (nSPS) is 11.7. The molecule has 0 bridgehead atoms. The zero-order chi connectivity index (χ0) is 39.6. The molecule has 0 aliphatic heterocycles. The van der Waals surface area contributed by atoms with Crippen LogP contribution in [0.25, 0.3) is 98.4 Å². The lowest BCUT2D eigenvalue weighted by molar-refractivity contribution is 0.671. The van der Waals surface area contributed by atoms with E-state index in [-0.39, 0.29) is 0 Å². The van der Waals surface area contributed by atoms with Crippen LogP contribution in [0.2, 0.25) is 0 Å². The fourth-order valence-electron chi connectivity index (χ4n) is 9.31. The van der Waals surface area contributed by atoms with E-state index in [0.717, 1.165) is 61.3 Å². The van der Waals surface area contributed by atoms with Gasteiger partial charge in [-0.15, -0.1) is 0 Å². The predicted molar refractivity (Wildman–Crippen MR) is 255 cm³/mol. The molecular formula is C58H37NO. The van der Waals surface area contributed by atoms with Crippen LogP contribution in [0.15, 0.2) is 229 Å². The predicted octanol–water partition coefficient (Wildman–Crippen LogP) is 16.7. The second-order valence-electron chi connectivity index (χ2n) is 15.6. The van der Waals surface area contributed by atoms with Gasteiger partial charge in [0.15, 0.2) is 0 Å². The second-order valence-corrected chi connectivity index (χ2v) is 15.6. The van der Waals surface area contributed by atoms with Gasteiger partial charge in [-0.25, -0.2) is 0 Å². The molecule has 280 valence electrons. The lowest BCUT2D eigenvalue weighted by atomic mass is 9.96. The number of rotatable bonds is 6. The van der Waals surface area contributed by atoms with E-state index in [4.69, 9.17) is 4.42 Å². The summed E-state index contributed by atoms with van der Waals surface area (Å²) in [5, 5.41) is 12.2. The highest BCUT2D eigenvalue weighted by Gasteiger charge is 2.20. The third kappa shape index (κ3) is 5.57. The van der Waals surface area contributed by atoms with Crippen molar-refractivity contribution in [3.05, 3.63) is 224 Å². The summed E-state index contributed by atoms with van der Waals surface area (Å²) in [7, 11) is 0. The number of hydrogen-bond donors (Lipinski definition) is 0. The third-order valence-electron chi connectivity index (χ3n) is 12.2. The molecule has 0 amide bonds. The highest BCUT2D eigenvalue weighted by Crippen LogP contribution is 2.44. The Morgan fingerprint density at radius 2 is 0.733 bits per heavy atom. The van der Waals surface area contributed by atoms with Crippen LogP contribution < -0.4 is 4.90 Å². The van der Waals surface area contributed by atoms with Crippen LogP contribution in [0.4, 0.5) is 17.1 Å². The van der Waals surface area contributed by atoms with Crippen molar-refractivity contribution >= 4 is 82.1 Å². The van der Waals surface area contributed by atoms with Crippen molar-refractivity contribution < 1.29 is 4.42 Å². The van der Waals surface area contributed by atoms with Crippen molar-refractivity contribution in [3.63, 3.8) is 0 Å². The highest BCUT2D eigenvalue weighted by atomic mass is 16.3. The van der Waals surface area contributed by atoms with Gasteiger partial charge in [0.25, 0.3) is 0 Å². The first kappa shape index (κ1) is 34.1. The van der Waals surface area contributed by atoms with Crippen molar-refractivity contribution in [2.24, 2.45) is 0 Å². The Labute approximate surface area is 347 Å². The summed E-state index contributed by atoms with van der Waals surface area (Å²) in [4.78, 5) is 2.41. The molecule has 0 unspecified atom stereocenters. The molecular weight excluding hydrogens is 727 g/mol. The summed E-state index contributed by atoms with van der Waals surface area (Å²) in [5.41, 5.74) is 11.9. The van der Waals surface area contributed by atoms with Gasteiger partial charge in [0.05, 0.1) is 5.69 Å². The van der Waals surface area contributed by atoms with Crippen molar-refractivity contribution in [2.75, 3.05) is 4.90 Å². The molecule has 0 saturated carbocycles. The molecule has 2 heteroatoms. The lowest BCUT2D eigenvalue weighted by Gasteiger charge is -2.28. The van der Waals surface area contributed by atoms with Gasteiger partial charge in [0.1, 0.15) is 11.2 Å². The topological polar surface area (TPSA) is 16.4 Å². The molecule has 12 rings (SSSR count). The Morgan fingerprint density at radius 3 is 1.40 bits per heavy atom. The molecule has 0 saturated heterocycles. The van der Waals surface area contributed by atoms with Crippen LogP contribution in [0.5, 0.6) is 0 Å². The number of furan rings is 1. The monoisotopic (exact) mass is 763 g/mol. The molecule has 0 spiro atoms. The lowest BCUT2D eigenvalue weighted by Crippen LogP contribution is -2.10. The fraction of sp³-hybridized carbons (Fsp3) is 0. The van der Waals surface area contributed by atoms with Gasteiger partial charge >= 0.3 is 0 Å². The van der Waals surface area contributed by atoms with E-state index in [9.17, 15) is 0 Å². The average molecular weight is 764 g/mol. The summed E-state index contributed by atoms with van der Waals surface area (Å²) in [6.45, 7) is 0. The zero-order valence-corrected chi connectivity index (χ0v) is 32.7. The van der Waals surface area contributed by atoms with Crippen molar-refractivity contribution in [3.8, 4) is 33.4 Å². The second kappa shape index (κ2) is 13.9. The molecule has 0 aliphatic carbocycles. The molecule has 12 aromatic rings. The smallest absolute Gasteiger partial charge is 0.143 e. The Balaban J connectivity index is 0.992. The number of anilines is 3. The summed E-state index contributed by atoms with van der Waals surface area (Å²) in [6.07, 6.45) is 0. The molecule has 60 heavy (non-hydrogen) atoms. The summed E-state index contributed by atoms with van der Waals surface area (Å²) in [6, 6.07) is 81.2. The maximum Gasteiger partial charge on any atom is 0.143 e. The number of benzene rings is 11. The van der Waals surface area contributed by atoms with Gasteiger partial charge in [-0.3, -0.25) is 0 Å². The Bertz CT molecular complexity index is 3580. The highest BCUT2D eigenvalue weighted by molar-refractivity contribution is 6.15. The largest absolute Gasteiger partial charge is 0.455 e. The van der Waals surface area contributed by atoms with Crippen LogP contribution in [-0.2, 0) is 0 Å². The van der Waals surface area contributed by atoms with E-state index in [0.29, 0.717) is 0 Å². The molecule has 11 aromatic carbocycles. The van der Waals surface area contributed by atoms with Gasteiger partial charge in [0, 0.05) is 38.7 Å². The standard InChI is InChI=1S/C58H37NO/c1-2-12-39(13-3-1)49-20-10-22-53-54-23-11-21-50(58(54)60-57(49)53)41-30-34-46(35-31-41)59(56-37-44-15-5-7-17-48(44)51-18-8-9-19-52(51)56)45-32-28-38(29-33-45)43-27-26-42-25-24-40-14-4-6-16-47(40)55(42)36-43/h1-37H. The minimum atomic E-state index is 0.901. The Kier molecular flexibility index (Phi) is 7.89. The molecule has 0 N–H and O–H groups in total. The summed E-state index contributed by atoms with van der Waals surface area (Å²) in [5.74, 6) is 0. The molecule has 1 heterocycles. The first-order valence-corrected chi connectivity index (χ1v) is 20.6. The minimum absolute atomic E-state index is 0.901. The molecule has 0 fully saturated rings. The van der Waals surface area contributed by atoms with Crippen LogP contribution in [0.3, 0.4) is 0 Å². The van der Waals surface area contributed by atoms with Gasteiger partial charge in [-0.2, -0.15) is 0 Å².